The van der Waals surface area contributed by atoms with Crippen LogP contribution in [0.4, 0.5) is 10.1 Å². The summed E-state index contributed by atoms with van der Waals surface area (Å²) < 4.78 is 46.2. The van der Waals surface area contributed by atoms with Crippen LogP contribution in [0.25, 0.3) is 0 Å². The molecule has 2 aromatic carbocycles. The maximum Gasteiger partial charge on any atom is 0.243 e. The molecule has 0 aliphatic heterocycles. The monoisotopic (exact) mass is 493 g/mol. The number of hydrogen-bond acceptors (Lipinski definition) is 5. The van der Waals surface area contributed by atoms with Crippen LogP contribution in [0.1, 0.15) is 41.0 Å². The minimum atomic E-state index is -3.78. The van der Waals surface area contributed by atoms with E-state index in [-0.39, 0.29) is 35.2 Å². The average molecular weight is 494 g/mol. The third kappa shape index (κ3) is 7.26. The Hall–Kier alpha value is -2.98. The third-order valence-electron chi connectivity index (χ3n) is 4.93. The first kappa shape index (κ1) is 27.3. The number of ether oxygens (including phenoxy) is 1. The summed E-state index contributed by atoms with van der Waals surface area (Å²) in [6, 6.07) is 9.46. The molecule has 0 saturated carbocycles. The molecule has 2 rings (SSSR count). The maximum atomic E-state index is 13.2. The first-order valence-corrected chi connectivity index (χ1v) is 12.5. The standard InChI is InChI=1S/C24H32FN3O5S/c1-6-28(7-2)34(31,32)19-12-13-21(33-18-10-8-17(25)9-11-18)20(16-19)27-22(29)14-15-26-23(30)24(3,4)5/h8-13,16H,6-7,14-15H2,1-5H3,(H,26,30)(H,27,29). The number of rotatable bonds is 10. The first-order chi connectivity index (χ1) is 15.9. The van der Waals surface area contributed by atoms with Gasteiger partial charge in [0.05, 0.1) is 10.6 Å². The Morgan fingerprint density at radius 1 is 1.03 bits per heavy atom. The summed E-state index contributed by atoms with van der Waals surface area (Å²) in [5.41, 5.74) is -0.440. The Balaban J connectivity index is 2.29. The molecule has 0 spiro atoms. The zero-order chi connectivity index (χ0) is 25.5. The second-order valence-corrected chi connectivity index (χ2v) is 10.5. The van der Waals surface area contributed by atoms with Crippen LogP contribution in [-0.4, -0.2) is 44.2 Å². The molecule has 0 saturated heterocycles. The van der Waals surface area contributed by atoms with Crippen molar-refractivity contribution >= 4 is 27.5 Å². The average Bonchev–Trinajstić information content (AvgIpc) is 2.76. The molecule has 2 amide bonds. The lowest BCUT2D eigenvalue weighted by molar-refractivity contribution is -0.128. The Bertz CT molecular complexity index is 1110. The van der Waals surface area contributed by atoms with Crippen LogP contribution in [0.3, 0.4) is 0 Å². The number of carbonyl (C=O) groups excluding carboxylic acids is 2. The fourth-order valence-corrected chi connectivity index (χ4v) is 4.45. The van der Waals surface area contributed by atoms with Crippen molar-refractivity contribution in [3.8, 4) is 11.5 Å². The Labute approximate surface area is 200 Å². The van der Waals surface area contributed by atoms with E-state index < -0.39 is 27.2 Å². The van der Waals surface area contributed by atoms with Crippen LogP contribution >= 0.6 is 0 Å². The molecule has 0 heterocycles. The van der Waals surface area contributed by atoms with Crippen molar-refractivity contribution < 1.29 is 27.1 Å². The van der Waals surface area contributed by atoms with Gasteiger partial charge in [0.2, 0.25) is 21.8 Å². The SMILES string of the molecule is CCN(CC)S(=O)(=O)c1ccc(Oc2ccc(F)cc2)c(NC(=O)CCNC(=O)C(C)(C)C)c1. The van der Waals surface area contributed by atoms with E-state index in [9.17, 15) is 22.4 Å². The fraction of sp³-hybridized carbons (Fsp3) is 0.417. The molecule has 8 nitrogen and oxygen atoms in total. The largest absolute Gasteiger partial charge is 0.455 e. The lowest BCUT2D eigenvalue weighted by Crippen LogP contribution is -2.36. The van der Waals surface area contributed by atoms with Crippen LogP contribution in [-0.2, 0) is 19.6 Å². The van der Waals surface area contributed by atoms with Gasteiger partial charge in [-0.2, -0.15) is 4.31 Å². The van der Waals surface area contributed by atoms with E-state index >= 15 is 0 Å². The molecule has 34 heavy (non-hydrogen) atoms. The molecule has 0 bridgehead atoms. The quantitative estimate of drug-likeness (QED) is 0.518. The van der Waals surface area contributed by atoms with Crippen LogP contribution in [0.2, 0.25) is 0 Å². The van der Waals surface area contributed by atoms with Crippen LogP contribution < -0.4 is 15.4 Å². The van der Waals surface area contributed by atoms with Gasteiger partial charge >= 0.3 is 0 Å². The Morgan fingerprint density at radius 3 is 2.21 bits per heavy atom. The molecule has 186 valence electrons. The molecule has 0 fully saturated rings. The van der Waals surface area contributed by atoms with Crippen molar-refractivity contribution in [2.75, 3.05) is 25.0 Å². The van der Waals surface area contributed by atoms with E-state index in [0.717, 1.165) is 0 Å². The molecule has 0 unspecified atom stereocenters. The lowest BCUT2D eigenvalue weighted by atomic mass is 9.96. The highest BCUT2D eigenvalue weighted by molar-refractivity contribution is 7.89. The summed E-state index contributed by atoms with van der Waals surface area (Å²) in [5.74, 6) is -0.548. The third-order valence-corrected chi connectivity index (χ3v) is 6.97. The van der Waals surface area contributed by atoms with Crippen molar-refractivity contribution in [2.24, 2.45) is 5.41 Å². The van der Waals surface area contributed by atoms with Crippen LogP contribution in [0.5, 0.6) is 11.5 Å². The van der Waals surface area contributed by atoms with Gasteiger partial charge in [-0.25, -0.2) is 12.8 Å². The van der Waals surface area contributed by atoms with E-state index in [4.69, 9.17) is 4.74 Å². The molecule has 2 aromatic rings. The number of halogens is 1. The maximum absolute atomic E-state index is 13.2. The van der Waals surface area contributed by atoms with Crippen LogP contribution in [0, 0.1) is 11.2 Å². The molecule has 0 aliphatic rings. The first-order valence-electron chi connectivity index (χ1n) is 11.0. The lowest BCUT2D eigenvalue weighted by Gasteiger charge is -2.20. The van der Waals surface area contributed by atoms with Gasteiger partial charge in [0.15, 0.2) is 5.75 Å². The normalized spacial score (nSPS) is 11.9. The van der Waals surface area contributed by atoms with Crippen molar-refractivity contribution in [1.82, 2.24) is 9.62 Å². The zero-order valence-electron chi connectivity index (χ0n) is 20.1. The highest BCUT2D eigenvalue weighted by atomic mass is 32.2. The number of anilines is 1. The van der Waals surface area contributed by atoms with Crippen molar-refractivity contribution in [2.45, 2.75) is 45.9 Å². The summed E-state index contributed by atoms with van der Waals surface area (Å²) in [4.78, 5) is 24.6. The molecule has 0 radical (unpaired) electrons. The van der Waals surface area contributed by atoms with E-state index in [2.05, 4.69) is 10.6 Å². The molecular formula is C24H32FN3O5S. The second kappa shape index (κ2) is 11.4. The van der Waals surface area contributed by atoms with Crippen molar-refractivity contribution in [3.63, 3.8) is 0 Å². The van der Waals surface area contributed by atoms with Crippen molar-refractivity contribution in [3.05, 3.63) is 48.3 Å². The number of nitrogens with zero attached hydrogens (tertiary/aromatic N) is 1. The van der Waals surface area contributed by atoms with Gasteiger partial charge in [-0.15, -0.1) is 0 Å². The number of benzene rings is 2. The molecule has 2 N–H and O–H groups in total. The topological polar surface area (TPSA) is 105 Å². The van der Waals surface area contributed by atoms with Crippen molar-refractivity contribution in [1.29, 1.82) is 0 Å². The van der Waals surface area contributed by atoms with Gasteiger partial charge < -0.3 is 15.4 Å². The summed E-state index contributed by atoms with van der Waals surface area (Å²) >= 11 is 0. The second-order valence-electron chi connectivity index (χ2n) is 8.61. The van der Waals surface area contributed by atoms with Gasteiger partial charge in [0, 0.05) is 31.5 Å². The number of hydrogen-bond donors (Lipinski definition) is 2. The summed E-state index contributed by atoms with van der Waals surface area (Å²) in [5, 5.41) is 5.37. The van der Waals surface area contributed by atoms with Gasteiger partial charge in [-0.1, -0.05) is 34.6 Å². The van der Waals surface area contributed by atoms with Crippen LogP contribution in [0.15, 0.2) is 47.4 Å². The predicted molar refractivity (Wildman–Crippen MR) is 129 cm³/mol. The predicted octanol–water partition coefficient (Wildman–Crippen LogP) is 4.14. The Kier molecular flexibility index (Phi) is 9.17. The smallest absolute Gasteiger partial charge is 0.243 e. The molecule has 0 aromatic heterocycles. The highest BCUT2D eigenvalue weighted by Gasteiger charge is 2.24. The fourth-order valence-electron chi connectivity index (χ4n) is 2.97. The van der Waals surface area contributed by atoms with Gasteiger partial charge in [-0.3, -0.25) is 9.59 Å². The number of amides is 2. The zero-order valence-corrected chi connectivity index (χ0v) is 21.0. The minimum absolute atomic E-state index is 0.000934. The summed E-state index contributed by atoms with van der Waals surface area (Å²) in [6.07, 6.45) is -0.0230. The van der Waals surface area contributed by atoms with E-state index in [1.54, 1.807) is 34.6 Å². The molecule has 0 atom stereocenters. The number of nitrogens with one attached hydrogen (secondary N) is 2. The van der Waals surface area contributed by atoms with E-state index in [1.807, 2.05) is 0 Å². The minimum Gasteiger partial charge on any atom is -0.455 e. The molecular weight excluding hydrogens is 461 g/mol. The Morgan fingerprint density at radius 2 is 1.65 bits per heavy atom. The summed E-state index contributed by atoms with van der Waals surface area (Å²) in [6.45, 7) is 9.48. The molecule has 10 heteroatoms. The summed E-state index contributed by atoms with van der Waals surface area (Å²) in [7, 11) is -3.78. The van der Waals surface area contributed by atoms with Gasteiger partial charge in [0.25, 0.3) is 0 Å². The van der Waals surface area contributed by atoms with Gasteiger partial charge in [0.1, 0.15) is 11.6 Å². The molecule has 0 aliphatic carbocycles. The van der Waals surface area contributed by atoms with E-state index in [1.165, 1.54) is 46.8 Å². The number of sulfonamides is 1. The van der Waals surface area contributed by atoms with Gasteiger partial charge in [-0.05, 0) is 42.5 Å². The highest BCUT2D eigenvalue weighted by Crippen LogP contribution is 2.33. The van der Waals surface area contributed by atoms with E-state index in [0.29, 0.717) is 18.8 Å². The number of carbonyl (C=O) groups is 2.